The summed E-state index contributed by atoms with van der Waals surface area (Å²) in [5.41, 5.74) is 6.30. The van der Waals surface area contributed by atoms with Crippen molar-refractivity contribution in [1.29, 1.82) is 0 Å². The first-order chi connectivity index (χ1) is 6.70. The van der Waals surface area contributed by atoms with Gasteiger partial charge in [-0.1, -0.05) is 13.8 Å². The highest BCUT2D eigenvalue weighted by atomic mass is 16.5. The largest absolute Gasteiger partial charge is 0.380 e. The lowest BCUT2D eigenvalue weighted by molar-refractivity contribution is 0.135. The van der Waals surface area contributed by atoms with Crippen molar-refractivity contribution in [1.82, 2.24) is 4.90 Å². The van der Waals surface area contributed by atoms with Crippen molar-refractivity contribution in [3.63, 3.8) is 0 Å². The molecule has 14 heavy (non-hydrogen) atoms. The van der Waals surface area contributed by atoms with Gasteiger partial charge in [0.25, 0.3) is 0 Å². The molecule has 0 unspecified atom stereocenters. The summed E-state index contributed by atoms with van der Waals surface area (Å²) in [7, 11) is 0. The third-order valence-electron chi connectivity index (χ3n) is 3.26. The lowest BCUT2D eigenvalue weighted by atomic mass is 9.93. The van der Waals surface area contributed by atoms with Crippen LogP contribution < -0.4 is 5.73 Å². The van der Waals surface area contributed by atoms with Crippen molar-refractivity contribution < 1.29 is 4.74 Å². The molecule has 3 heteroatoms. The van der Waals surface area contributed by atoms with Crippen LogP contribution in [0.4, 0.5) is 0 Å². The van der Waals surface area contributed by atoms with Crippen molar-refractivity contribution in [3.05, 3.63) is 0 Å². The zero-order valence-corrected chi connectivity index (χ0v) is 9.59. The van der Waals surface area contributed by atoms with Crippen molar-refractivity contribution in [3.8, 4) is 0 Å². The minimum absolute atomic E-state index is 0.00431. The number of rotatable bonds is 4. The highest BCUT2D eigenvalue weighted by Crippen LogP contribution is 2.14. The van der Waals surface area contributed by atoms with E-state index in [2.05, 4.69) is 18.7 Å². The Bertz CT molecular complexity index is 149. The zero-order chi connectivity index (χ0) is 10.4. The van der Waals surface area contributed by atoms with Gasteiger partial charge in [-0.25, -0.2) is 0 Å². The Morgan fingerprint density at radius 1 is 1.21 bits per heavy atom. The van der Waals surface area contributed by atoms with Gasteiger partial charge in [-0.15, -0.1) is 0 Å². The highest BCUT2D eigenvalue weighted by molar-refractivity contribution is 4.85. The monoisotopic (exact) mass is 200 g/mol. The van der Waals surface area contributed by atoms with Crippen LogP contribution in [0.25, 0.3) is 0 Å². The second-order valence-electron chi connectivity index (χ2n) is 4.31. The van der Waals surface area contributed by atoms with Gasteiger partial charge in [-0.05, 0) is 19.3 Å². The molecular formula is C11H24N2O. The summed E-state index contributed by atoms with van der Waals surface area (Å²) < 4.78 is 5.42. The van der Waals surface area contributed by atoms with Gasteiger partial charge < -0.3 is 10.5 Å². The number of hydrogen-bond acceptors (Lipinski definition) is 3. The fraction of sp³-hybridized carbons (Fsp3) is 1.00. The van der Waals surface area contributed by atoms with Crippen LogP contribution in [0.15, 0.2) is 0 Å². The molecule has 0 saturated carbocycles. The third kappa shape index (κ3) is 3.56. The van der Waals surface area contributed by atoms with E-state index in [1.54, 1.807) is 0 Å². The first kappa shape index (κ1) is 12.0. The molecule has 1 heterocycles. The maximum absolute atomic E-state index is 6.30. The Hall–Kier alpha value is -0.120. The molecule has 2 N–H and O–H groups in total. The quantitative estimate of drug-likeness (QED) is 0.741. The van der Waals surface area contributed by atoms with Gasteiger partial charge in [0.05, 0.1) is 6.61 Å². The Labute approximate surface area is 87.6 Å². The van der Waals surface area contributed by atoms with E-state index in [9.17, 15) is 0 Å². The van der Waals surface area contributed by atoms with Gasteiger partial charge in [0.2, 0.25) is 0 Å². The van der Waals surface area contributed by atoms with Crippen LogP contribution in [-0.4, -0.2) is 43.3 Å². The molecule has 1 fully saturated rings. The molecule has 0 radical (unpaired) electrons. The highest BCUT2D eigenvalue weighted by Gasteiger charge is 2.24. The van der Waals surface area contributed by atoms with Crippen LogP contribution in [0.2, 0.25) is 0 Å². The molecule has 0 bridgehead atoms. The van der Waals surface area contributed by atoms with Crippen molar-refractivity contribution in [2.75, 3.05) is 32.8 Å². The Morgan fingerprint density at radius 2 is 1.93 bits per heavy atom. The maximum Gasteiger partial charge on any atom is 0.0593 e. The van der Waals surface area contributed by atoms with E-state index in [4.69, 9.17) is 10.5 Å². The molecule has 0 aromatic heterocycles. The molecule has 1 aliphatic heterocycles. The minimum atomic E-state index is 0.00431. The van der Waals surface area contributed by atoms with Crippen LogP contribution >= 0.6 is 0 Å². The van der Waals surface area contributed by atoms with E-state index in [0.29, 0.717) is 0 Å². The summed E-state index contributed by atoms with van der Waals surface area (Å²) in [5, 5.41) is 0. The minimum Gasteiger partial charge on any atom is -0.380 e. The zero-order valence-electron chi connectivity index (χ0n) is 9.59. The van der Waals surface area contributed by atoms with E-state index >= 15 is 0 Å². The van der Waals surface area contributed by atoms with Crippen LogP contribution in [-0.2, 0) is 4.74 Å². The van der Waals surface area contributed by atoms with E-state index < -0.39 is 0 Å². The van der Waals surface area contributed by atoms with E-state index in [1.165, 1.54) is 0 Å². The van der Waals surface area contributed by atoms with Gasteiger partial charge >= 0.3 is 0 Å². The molecule has 1 saturated heterocycles. The van der Waals surface area contributed by atoms with Crippen molar-refractivity contribution in [2.24, 2.45) is 5.73 Å². The predicted molar refractivity (Wildman–Crippen MR) is 59.4 cm³/mol. The molecule has 0 amide bonds. The second kappa shape index (κ2) is 5.69. The van der Waals surface area contributed by atoms with Crippen LogP contribution in [0.5, 0.6) is 0 Å². The topological polar surface area (TPSA) is 38.5 Å². The van der Waals surface area contributed by atoms with Gasteiger partial charge in [-0.2, -0.15) is 0 Å². The Morgan fingerprint density at radius 3 is 2.57 bits per heavy atom. The van der Waals surface area contributed by atoms with E-state index in [0.717, 1.165) is 52.1 Å². The molecular weight excluding hydrogens is 176 g/mol. The SMILES string of the molecule is CCC(N)(CC)CN1CCCOCC1. The molecule has 0 aromatic rings. The fourth-order valence-corrected chi connectivity index (χ4v) is 1.87. The van der Waals surface area contributed by atoms with Crippen molar-refractivity contribution in [2.45, 2.75) is 38.6 Å². The summed E-state index contributed by atoms with van der Waals surface area (Å²) in [6, 6.07) is 0. The molecule has 0 aliphatic carbocycles. The van der Waals surface area contributed by atoms with Crippen LogP contribution in [0.3, 0.4) is 0 Å². The molecule has 0 spiro atoms. The first-order valence-electron chi connectivity index (χ1n) is 5.79. The lowest BCUT2D eigenvalue weighted by Crippen LogP contribution is -2.49. The normalized spacial score (nSPS) is 20.8. The number of hydrogen-bond donors (Lipinski definition) is 1. The summed E-state index contributed by atoms with van der Waals surface area (Å²) in [6.45, 7) is 9.33. The number of ether oxygens (including phenoxy) is 1. The van der Waals surface area contributed by atoms with Gasteiger partial charge in [0.1, 0.15) is 0 Å². The number of nitrogens with zero attached hydrogens (tertiary/aromatic N) is 1. The van der Waals surface area contributed by atoms with Gasteiger partial charge in [0.15, 0.2) is 0 Å². The first-order valence-corrected chi connectivity index (χ1v) is 5.79. The van der Waals surface area contributed by atoms with Crippen molar-refractivity contribution >= 4 is 0 Å². The Balaban J connectivity index is 2.39. The van der Waals surface area contributed by atoms with E-state index in [1.807, 2.05) is 0 Å². The average Bonchev–Trinajstić information content (AvgIpc) is 2.46. The number of nitrogens with two attached hydrogens (primary N) is 1. The lowest BCUT2D eigenvalue weighted by Gasteiger charge is -2.33. The van der Waals surface area contributed by atoms with Crippen LogP contribution in [0.1, 0.15) is 33.1 Å². The summed E-state index contributed by atoms with van der Waals surface area (Å²) in [4.78, 5) is 2.44. The second-order valence-corrected chi connectivity index (χ2v) is 4.31. The molecule has 0 aromatic carbocycles. The Kier molecular flexibility index (Phi) is 4.85. The molecule has 3 nitrogen and oxygen atoms in total. The average molecular weight is 200 g/mol. The standard InChI is InChI=1S/C11H24N2O/c1-3-11(12,4-2)10-13-6-5-8-14-9-7-13/h3-10,12H2,1-2H3. The van der Waals surface area contributed by atoms with Gasteiger partial charge in [-0.3, -0.25) is 4.90 Å². The fourth-order valence-electron chi connectivity index (χ4n) is 1.87. The third-order valence-corrected chi connectivity index (χ3v) is 3.26. The predicted octanol–water partition coefficient (Wildman–Crippen LogP) is 1.23. The molecule has 0 atom stereocenters. The summed E-state index contributed by atoms with van der Waals surface area (Å²) >= 11 is 0. The summed E-state index contributed by atoms with van der Waals surface area (Å²) in [6.07, 6.45) is 3.26. The summed E-state index contributed by atoms with van der Waals surface area (Å²) in [5.74, 6) is 0. The smallest absolute Gasteiger partial charge is 0.0593 e. The maximum atomic E-state index is 6.30. The molecule has 1 aliphatic rings. The molecule has 84 valence electrons. The molecule has 1 rings (SSSR count). The van der Waals surface area contributed by atoms with Gasteiger partial charge in [0, 0.05) is 31.8 Å². The van der Waals surface area contributed by atoms with E-state index in [-0.39, 0.29) is 5.54 Å². The van der Waals surface area contributed by atoms with Crippen LogP contribution in [0, 0.1) is 0 Å².